The minimum Gasteiger partial charge on any atom is -0.493 e. The van der Waals surface area contributed by atoms with Crippen molar-refractivity contribution in [3.8, 4) is 11.5 Å². The Balaban J connectivity index is 2.26. The molecule has 19 heavy (non-hydrogen) atoms. The number of hydrogen-bond acceptors (Lipinski definition) is 4. The molecule has 0 aliphatic carbocycles. The quantitative estimate of drug-likeness (QED) is 0.826. The number of benzene rings is 1. The summed E-state index contributed by atoms with van der Waals surface area (Å²) in [7, 11) is 3.19. The normalized spacial score (nSPS) is 16.1. The smallest absolute Gasteiger partial charge is 0.171 e. The first kappa shape index (κ1) is 13.9. The summed E-state index contributed by atoms with van der Waals surface area (Å²) < 4.78 is 10.8. The van der Waals surface area contributed by atoms with Gasteiger partial charge in [-0.3, -0.25) is 4.79 Å². The van der Waals surface area contributed by atoms with E-state index in [1.807, 2.05) is 12.1 Å². The van der Waals surface area contributed by atoms with Crippen molar-refractivity contribution < 1.29 is 14.3 Å². The van der Waals surface area contributed by atoms with Gasteiger partial charge in [-0.05, 0) is 49.9 Å². The third kappa shape index (κ3) is 3.07. The van der Waals surface area contributed by atoms with Gasteiger partial charge in [-0.1, -0.05) is 6.07 Å². The van der Waals surface area contributed by atoms with E-state index in [4.69, 9.17) is 9.47 Å². The molecule has 1 fully saturated rings. The van der Waals surface area contributed by atoms with Crippen LogP contribution in [0.25, 0.3) is 0 Å². The molecule has 0 bridgehead atoms. The molecule has 1 N–H and O–H groups in total. The second-order valence-corrected chi connectivity index (χ2v) is 4.90. The summed E-state index contributed by atoms with van der Waals surface area (Å²) in [5.41, 5.74) is 1.66. The van der Waals surface area contributed by atoms with Crippen LogP contribution in [0.5, 0.6) is 11.5 Å². The molecule has 0 aromatic heterocycles. The molecule has 0 unspecified atom stereocenters. The van der Waals surface area contributed by atoms with E-state index >= 15 is 0 Å². The molecule has 0 saturated carbocycles. The van der Waals surface area contributed by atoms with Gasteiger partial charge in [0, 0.05) is 0 Å². The third-order valence-corrected chi connectivity index (χ3v) is 3.73. The molecular weight excluding hydrogens is 242 g/mol. The van der Waals surface area contributed by atoms with E-state index in [9.17, 15) is 4.79 Å². The Kier molecular flexibility index (Phi) is 4.80. The first-order valence-corrected chi connectivity index (χ1v) is 6.70. The largest absolute Gasteiger partial charge is 0.493 e. The summed E-state index contributed by atoms with van der Waals surface area (Å²) in [6, 6.07) is 3.79. The number of methoxy groups -OCH3 is 2. The van der Waals surface area contributed by atoms with Gasteiger partial charge >= 0.3 is 0 Å². The van der Waals surface area contributed by atoms with Crippen LogP contribution in [0.3, 0.4) is 0 Å². The summed E-state index contributed by atoms with van der Waals surface area (Å²) in [5.74, 6) is 1.91. The molecular formula is C15H21NO3. The lowest BCUT2D eigenvalue weighted by Gasteiger charge is -2.24. The highest BCUT2D eigenvalue weighted by Gasteiger charge is 2.19. The van der Waals surface area contributed by atoms with E-state index in [0.29, 0.717) is 23.0 Å². The Bertz CT molecular complexity index is 439. The van der Waals surface area contributed by atoms with Crippen LogP contribution >= 0.6 is 0 Å². The van der Waals surface area contributed by atoms with Crippen molar-refractivity contribution in [2.75, 3.05) is 27.3 Å². The van der Waals surface area contributed by atoms with Crippen LogP contribution < -0.4 is 14.8 Å². The van der Waals surface area contributed by atoms with Crippen molar-refractivity contribution in [1.82, 2.24) is 5.32 Å². The summed E-state index contributed by atoms with van der Waals surface area (Å²) in [5, 5.41) is 3.37. The van der Waals surface area contributed by atoms with E-state index in [1.165, 1.54) is 12.8 Å². The molecule has 0 spiro atoms. The van der Waals surface area contributed by atoms with Crippen molar-refractivity contribution in [3.05, 3.63) is 23.3 Å². The highest BCUT2D eigenvalue weighted by molar-refractivity contribution is 5.81. The van der Waals surface area contributed by atoms with Gasteiger partial charge in [0.05, 0.1) is 19.8 Å². The number of hydrogen-bond donors (Lipinski definition) is 1. The van der Waals surface area contributed by atoms with Crippen LogP contribution in [0.1, 0.15) is 28.8 Å². The monoisotopic (exact) mass is 263 g/mol. The highest BCUT2D eigenvalue weighted by atomic mass is 16.5. The van der Waals surface area contributed by atoms with Gasteiger partial charge in [-0.15, -0.1) is 0 Å². The summed E-state index contributed by atoms with van der Waals surface area (Å²) in [4.78, 5) is 11.0. The van der Waals surface area contributed by atoms with E-state index in [-0.39, 0.29) is 0 Å². The Morgan fingerprint density at radius 2 is 1.89 bits per heavy atom. The van der Waals surface area contributed by atoms with Crippen molar-refractivity contribution >= 4 is 6.29 Å². The number of aldehydes is 1. The number of rotatable bonds is 5. The van der Waals surface area contributed by atoms with Crippen LogP contribution in [0, 0.1) is 5.92 Å². The zero-order valence-corrected chi connectivity index (χ0v) is 11.6. The van der Waals surface area contributed by atoms with Crippen LogP contribution in [0.4, 0.5) is 0 Å². The molecule has 1 aliphatic rings. The Morgan fingerprint density at radius 1 is 1.21 bits per heavy atom. The summed E-state index contributed by atoms with van der Waals surface area (Å²) in [6.07, 6.45) is 4.14. The number of carbonyl (C=O) groups is 1. The van der Waals surface area contributed by atoms with Crippen LogP contribution in [-0.2, 0) is 6.42 Å². The van der Waals surface area contributed by atoms with Crippen molar-refractivity contribution in [1.29, 1.82) is 0 Å². The molecule has 2 rings (SSSR count). The van der Waals surface area contributed by atoms with Gasteiger partial charge in [0.1, 0.15) is 0 Å². The molecule has 1 aromatic rings. The number of ether oxygens (including phenoxy) is 2. The predicted molar refractivity (Wildman–Crippen MR) is 74.2 cm³/mol. The molecule has 104 valence electrons. The average molecular weight is 263 g/mol. The lowest BCUT2D eigenvalue weighted by molar-refractivity contribution is 0.112. The standard InChI is InChI=1S/C15H21NO3/c1-18-14-12(9-11-5-7-16-8-6-11)3-4-13(10-17)15(14)19-2/h3-4,10-11,16H,5-9H2,1-2H3. The zero-order valence-electron chi connectivity index (χ0n) is 11.6. The van der Waals surface area contributed by atoms with Crippen molar-refractivity contribution in [2.45, 2.75) is 19.3 Å². The topological polar surface area (TPSA) is 47.6 Å². The van der Waals surface area contributed by atoms with Gasteiger partial charge in [-0.2, -0.15) is 0 Å². The van der Waals surface area contributed by atoms with E-state index < -0.39 is 0 Å². The van der Waals surface area contributed by atoms with Gasteiger partial charge in [0.15, 0.2) is 17.8 Å². The van der Waals surface area contributed by atoms with E-state index in [0.717, 1.165) is 31.4 Å². The zero-order chi connectivity index (χ0) is 13.7. The first-order valence-electron chi connectivity index (χ1n) is 6.70. The van der Waals surface area contributed by atoms with Gasteiger partial charge in [-0.25, -0.2) is 0 Å². The van der Waals surface area contributed by atoms with E-state index in [2.05, 4.69) is 5.32 Å². The molecule has 4 heteroatoms. The minimum atomic E-state index is 0.536. The second kappa shape index (κ2) is 6.57. The number of carbonyl (C=O) groups excluding carboxylic acids is 1. The SMILES string of the molecule is COc1c(C=O)ccc(CC2CCNCC2)c1OC. The number of piperidine rings is 1. The molecule has 1 aliphatic heterocycles. The summed E-state index contributed by atoms with van der Waals surface area (Å²) in [6.45, 7) is 2.16. The van der Waals surface area contributed by atoms with Gasteiger partial charge < -0.3 is 14.8 Å². The fourth-order valence-electron chi connectivity index (χ4n) is 2.70. The molecule has 1 heterocycles. The van der Waals surface area contributed by atoms with Crippen molar-refractivity contribution in [2.24, 2.45) is 5.92 Å². The Morgan fingerprint density at radius 3 is 2.47 bits per heavy atom. The molecule has 1 saturated heterocycles. The lowest BCUT2D eigenvalue weighted by atomic mass is 9.90. The summed E-state index contributed by atoms with van der Waals surface area (Å²) >= 11 is 0. The fourth-order valence-corrected chi connectivity index (χ4v) is 2.70. The first-order chi connectivity index (χ1) is 9.30. The second-order valence-electron chi connectivity index (χ2n) is 4.90. The molecule has 0 atom stereocenters. The lowest BCUT2D eigenvalue weighted by Crippen LogP contribution is -2.28. The van der Waals surface area contributed by atoms with Crippen LogP contribution in [0.2, 0.25) is 0 Å². The van der Waals surface area contributed by atoms with Crippen molar-refractivity contribution in [3.63, 3.8) is 0 Å². The maximum atomic E-state index is 11.0. The molecule has 0 amide bonds. The molecule has 4 nitrogen and oxygen atoms in total. The molecule has 0 radical (unpaired) electrons. The van der Waals surface area contributed by atoms with E-state index in [1.54, 1.807) is 14.2 Å². The average Bonchev–Trinajstić information content (AvgIpc) is 2.47. The maximum Gasteiger partial charge on any atom is 0.171 e. The van der Waals surface area contributed by atoms with Crippen LogP contribution in [0.15, 0.2) is 12.1 Å². The Labute approximate surface area is 114 Å². The highest BCUT2D eigenvalue weighted by Crippen LogP contribution is 2.36. The van der Waals surface area contributed by atoms with Gasteiger partial charge in [0.25, 0.3) is 0 Å². The Hall–Kier alpha value is -1.55. The van der Waals surface area contributed by atoms with Gasteiger partial charge in [0.2, 0.25) is 0 Å². The third-order valence-electron chi connectivity index (χ3n) is 3.73. The predicted octanol–water partition coefficient (Wildman–Crippen LogP) is 2.06. The number of nitrogens with one attached hydrogen (secondary N) is 1. The van der Waals surface area contributed by atoms with Crippen LogP contribution in [-0.4, -0.2) is 33.6 Å². The fraction of sp³-hybridized carbons (Fsp3) is 0.533. The minimum absolute atomic E-state index is 0.536. The molecule has 1 aromatic carbocycles. The maximum absolute atomic E-state index is 11.0.